The van der Waals surface area contributed by atoms with Crippen molar-refractivity contribution in [1.82, 2.24) is 4.90 Å². The summed E-state index contributed by atoms with van der Waals surface area (Å²) in [5.74, 6) is 1.64. The molecule has 106 valence electrons. The van der Waals surface area contributed by atoms with Crippen molar-refractivity contribution < 1.29 is 4.74 Å². The first kappa shape index (κ1) is 14.2. The second-order valence-corrected chi connectivity index (χ2v) is 5.80. The van der Waals surface area contributed by atoms with Gasteiger partial charge in [-0.2, -0.15) is 0 Å². The number of nitrogens with one attached hydrogen (secondary N) is 1. The minimum atomic E-state index is 0.471. The molecule has 1 aromatic rings. The second-order valence-electron chi connectivity index (χ2n) is 5.80. The SMILES string of the molecule is COc1ccc(C)cc1NC(C)C1CCCN(C)C1. The molecule has 19 heavy (non-hydrogen) atoms. The molecule has 1 N–H and O–H groups in total. The molecule has 2 unspecified atom stereocenters. The standard InChI is InChI=1S/C16H26N2O/c1-12-7-8-16(19-4)15(10-12)17-13(2)14-6-5-9-18(3)11-14/h7-8,10,13-14,17H,5-6,9,11H2,1-4H3. The van der Waals surface area contributed by atoms with Gasteiger partial charge in [0.15, 0.2) is 0 Å². The van der Waals surface area contributed by atoms with E-state index in [0.29, 0.717) is 12.0 Å². The first-order chi connectivity index (χ1) is 9.10. The minimum absolute atomic E-state index is 0.471. The number of rotatable bonds is 4. The molecule has 0 saturated carbocycles. The zero-order chi connectivity index (χ0) is 13.8. The van der Waals surface area contributed by atoms with E-state index >= 15 is 0 Å². The van der Waals surface area contributed by atoms with E-state index in [1.54, 1.807) is 7.11 Å². The summed E-state index contributed by atoms with van der Waals surface area (Å²) in [4.78, 5) is 2.43. The lowest BCUT2D eigenvalue weighted by atomic mass is 9.91. The number of methoxy groups -OCH3 is 1. The largest absolute Gasteiger partial charge is 0.495 e. The third kappa shape index (κ3) is 3.63. The molecule has 1 aromatic carbocycles. The predicted octanol–water partition coefficient (Wildman–Crippen LogP) is 3.15. The minimum Gasteiger partial charge on any atom is -0.495 e. The average Bonchev–Trinajstić information content (AvgIpc) is 2.39. The van der Waals surface area contributed by atoms with Crippen molar-refractivity contribution in [1.29, 1.82) is 0 Å². The van der Waals surface area contributed by atoms with Gasteiger partial charge in [-0.15, -0.1) is 0 Å². The number of ether oxygens (including phenoxy) is 1. The summed E-state index contributed by atoms with van der Waals surface area (Å²) in [5, 5.41) is 3.64. The number of nitrogens with zero attached hydrogens (tertiary/aromatic N) is 1. The zero-order valence-corrected chi connectivity index (χ0v) is 12.6. The Hall–Kier alpha value is -1.22. The third-order valence-electron chi connectivity index (χ3n) is 4.11. The molecule has 2 rings (SSSR count). The fourth-order valence-corrected chi connectivity index (χ4v) is 2.91. The Labute approximate surface area is 116 Å². The van der Waals surface area contributed by atoms with Gasteiger partial charge in [0.25, 0.3) is 0 Å². The molecular formula is C16H26N2O. The van der Waals surface area contributed by atoms with Gasteiger partial charge in [0.2, 0.25) is 0 Å². The normalized spacial score (nSPS) is 22.0. The van der Waals surface area contributed by atoms with Crippen LogP contribution in [0.1, 0.15) is 25.3 Å². The number of aryl methyl sites for hydroxylation is 1. The topological polar surface area (TPSA) is 24.5 Å². The van der Waals surface area contributed by atoms with Crippen LogP contribution in [-0.2, 0) is 0 Å². The Kier molecular flexibility index (Phi) is 4.70. The van der Waals surface area contributed by atoms with Crippen LogP contribution < -0.4 is 10.1 Å². The Bertz CT molecular complexity index is 419. The summed E-state index contributed by atoms with van der Waals surface area (Å²) < 4.78 is 5.44. The van der Waals surface area contributed by atoms with Crippen molar-refractivity contribution in [2.24, 2.45) is 5.92 Å². The Balaban J connectivity index is 2.05. The molecule has 0 aromatic heterocycles. The van der Waals surface area contributed by atoms with Gasteiger partial charge in [-0.25, -0.2) is 0 Å². The van der Waals surface area contributed by atoms with E-state index in [-0.39, 0.29) is 0 Å². The number of hydrogen-bond acceptors (Lipinski definition) is 3. The lowest BCUT2D eigenvalue weighted by molar-refractivity contribution is 0.197. The summed E-state index contributed by atoms with van der Waals surface area (Å²) in [6, 6.07) is 6.76. The number of piperidine rings is 1. The van der Waals surface area contributed by atoms with Crippen molar-refractivity contribution in [2.75, 3.05) is 32.6 Å². The van der Waals surface area contributed by atoms with Gasteiger partial charge in [0.05, 0.1) is 12.8 Å². The van der Waals surface area contributed by atoms with Crippen LogP contribution >= 0.6 is 0 Å². The summed E-state index contributed by atoms with van der Waals surface area (Å²) in [5.41, 5.74) is 2.37. The van der Waals surface area contributed by atoms with Crippen molar-refractivity contribution in [2.45, 2.75) is 32.7 Å². The summed E-state index contributed by atoms with van der Waals surface area (Å²) in [7, 11) is 3.95. The Morgan fingerprint density at radius 2 is 2.21 bits per heavy atom. The monoisotopic (exact) mass is 262 g/mol. The van der Waals surface area contributed by atoms with Gasteiger partial charge in [0.1, 0.15) is 5.75 Å². The zero-order valence-electron chi connectivity index (χ0n) is 12.6. The van der Waals surface area contributed by atoms with Gasteiger partial charge < -0.3 is 15.0 Å². The number of benzene rings is 1. The van der Waals surface area contributed by atoms with E-state index < -0.39 is 0 Å². The summed E-state index contributed by atoms with van der Waals surface area (Å²) in [6.07, 6.45) is 2.62. The number of anilines is 1. The quantitative estimate of drug-likeness (QED) is 0.902. The van der Waals surface area contributed by atoms with Gasteiger partial charge in [-0.1, -0.05) is 6.07 Å². The van der Waals surface area contributed by atoms with Crippen molar-refractivity contribution in [3.8, 4) is 5.75 Å². The van der Waals surface area contributed by atoms with E-state index in [9.17, 15) is 0 Å². The van der Waals surface area contributed by atoms with Gasteiger partial charge in [0, 0.05) is 12.6 Å². The molecule has 0 spiro atoms. The summed E-state index contributed by atoms with van der Waals surface area (Å²) in [6.45, 7) is 6.81. The van der Waals surface area contributed by atoms with Crippen LogP contribution in [0.4, 0.5) is 5.69 Å². The lowest BCUT2D eigenvalue weighted by Crippen LogP contribution is -2.39. The van der Waals surface area contributed by atoms with Crippen LogP contribution in [-0.4, -0.2) is 38.2 Å². The molecule has 0 aliphatic carbocycles. The van der Waals surface area contributed by atoms with Crippen LogP contribution in [0.25, 0.3) is 0 Å². The third-order valence-corrected chi connectivity index (χ3v) is 4.11. The predicted molar refractivity (Wildman–Crippen MR) is 81.0 cm³/mol. The summed E-state index contributed by atoms with van der Waals surface area (Å²) >= 11 is 0. The van der Waals surface area contributed by atoms with Crippen LogP contribution in [0.5, 0.6) is 5.75 Å². The van der Waals surface area contributed by atoms with Crippen LogP contribution in [0.3, 0.4) is 0 Å². The maximum absolute atomic E-state index is 5.44. The molecular weight excluding hydrogens is 236 g/mol. The van der Waals surface area contributed by atoms with Crippen molar-refractivity contribution in [3.05, 3.63) is 23.8 Å². The molecule has 0 radical (unpaired) electrons. The van der Waals surface area contributed by atoms with Crippen LogP contribution in [0, 0.1) is 12.8 Å². The molecule has 0 bridgehead atoms. The molecule has 1 saturated heterocycles. The molecule has 1 fully saturated rings. The fraction of sp³-hybridized carbons (Fsp3) is 0.625. The maximum atomic E-state index is 5.44. The Morgan fingerprint density at radius 1 is 1.42 bits per heavy atom. The fourth-order valence-electron chi connectivity index (χ4n) is 2.91. The molecule has 1 heterocycles. The van der Waals surface area contributed by atoms with E-state index in [0.717, 1.165) is 11.4 Å². The van der Waals surface area contributed by atoms with Crippen molar-refractivity contribution >= 4 is 5.69 Å². The molecule has 3 nitrogen and oxygen atoms in total. The average molecular weight is 262 g/mol. The number of likely N-dealkylation sites (tertiary alicyclic amines) is 1. The van der Waals surface area contributed by atoms with E-state index in [2.05, 4.69) is 43.2 Å². The maximum Gasteiger partial charge on any atom is 0.141 e. The molecule has 2 atom stereocenters. The highest BCUT2D eigenvalue weighted by Crippen LogP contribution is 2.28. The smallest absolute Gasteiger partial charge is 0.141 e. The van der Waals surface area contributed by atoms with E-state index in [1.165, 1.54) is 31.5 Å². The first-order valence-electron chi connectivity index (χ1n) is 7.20. The number of hydrogen-bond donors (Lipinski definition) is 1. The molecule has 3 heteroatoms. The molecule has 0 amide bonds. The highest BCUT2D eigenvalue weighted by molar-refractivity contribution is 5.58. The second kappa shape index (κ2) is 6.29. The lowest BCUT2D eigenvalue weighted by Gasteiger charge is -2.34. The van der Waals surface area contributed by atoms with Crippen LogP contribution in [0.15, 0.2) is 18.2 Å². The van der Waals surface area contributed by atoms with Gasteiger partial charge in [-0.3, -0.25) is 0 Å². The van der Waals surface area contributed by atoms with Gasteiger partial charge in [-0.05, 0) is 63.9 Å². The highest BCUT2D eigenvalue weighted by Gasteiger charge is 2.23. The Morgan fingerprint density at radius 3 is 2.89 bits per heavy atom. The van der Waals surface area contributed by atoms with Crippen molar-refractivity contribution in [3.63, 3.8) is 0 Å². The first-order valence-corrected chi connectivity index (χ1v) is 7.20. The highest BCUT2D eigenvalue weighted by atomic mass is 16.5. The van der Waals surface area contributed by atoms with E-state index in [4.69, 9.17) is 4.74 Å². The molecule has 1 aliphatic heterocycles. The van der Waals surface area contributed by atoms with E-state index in [1.807, 2.05) is 6.07 Å². The van der Waals surface area contributed by atoms with Gasteiger partial charge >= 0.3 is 0 Å². The van der Waals surface area contributed by atoms with Crippen LogP contribution in [0.2, 0.25) is 0 Å². The molecule has 1 aliphatic rings.